The van der Waals surface area contributed by atoms with Gasteiger partial charge in [0.15, 0.2) is 0 Å². The van der Waals surface area contributed by atoms with Crippen LogP contribution < -0.4 is 0 Å². The number of pyridine rings is 1. The van der Waals surface area contributed by atoms with Gasteiger partial charge in [0.2, 0.25) is 5.91 Å². The molecule has 1 aliphatic heterocycles. The number of amides is 1. The largest absolute Gasteiger partial charge is 0.478 e. The molecule has 0 atom stereocenters. The molecule has 0 saturated heterocycles. The molecule has 0 fully saturated rings. The Morgan fingerprint density at radius 3 is 2.82 bits per heavy atom. The van der Waals surface area contributed by atoms with Gasteiger partial charge in [0.25, 0.3) is 0 Å². The van der Waals surface area contributed by atoms with E-state index in [1.54, 1.807) is 25.3 Å². The molecule has 1 aromatic heterocycles. The predicted octanol–water partition coefficient (Wildman–Crippen LogP) is 1.17. The van der Waals surface area contributed by atoms with Crippen molar-refractivity contribution in [2.75, 3.05) is 0 Å². The van der Waals surface area contributed by atoms with Crippen LogP contribution in [0.1, 0.15) is 19.0 Å². The smallest absolute Gasteiger partial charge is 0.333 e. The van der Waals surface area contributed by atoms with Crippen molar-refractivity contribution >= 4 is 11.9 Å². The highest BCUT2D eigenvalue weighted by atomic mass is 16.4. The van der Waals surface area contributed by atoms with Crippen LogP contribution in [0.2, 0.25) is 0 Å². The monoisotopic (exact) mass is 232 g/mol. The first-order chi connectivity index (χ1) is 8.09. The first-order valence-electron chi connectivity index (χ1n) is 5.23. The van der Waals surface area contributed by atoms with Crippen LogP contribution in [-0.2, 0) is 16.1 Å². The van der Waals surface area contributed by atoms with Gasteiger partial charge in [-0.1, -0.05) is 6.07 Å². The molecular formula is C12H12N2O3. The van der Waals surface area contributed by atoms with E-state index >= 15 is 0 Å². The average molecular weight is 232 g/mol. The topological polar surface area (TPSA) is 70.5 Å². The molecule has 1 N–H and O–H groups in total. The van der Waals surface area contributed by atoms with Crippen molar-refractivity contribution in [3.8, 4) is 0 Å². The fourth-order valence-corrected chi connectivity index (χ4v) is 1.82. The molecule has 0 unspecified atom stereocenters. The van der Waals surface area contributed by atoms with Crippen LogP contribution in [0.25, 0.3) is 0 Å². The van der Waals surface area contributed by atoms with Gasteiger partial charge in [-0.05, 0) is 19.1 Å². The van der Waals surface area contributed by atoms with Crippen molar-refractivity contribution in [3.05, 3.63) is 41.4 Å². The van der Waals surface area contributed by atoms with Crippen LogP contribution in [0.3, 0.4) is 0 Å². The van der Waals surface area contributed by atoms with E-state index in [0.29, 0.717) is 12.2 Å². The summed E-state index contributed by atoms with van der Waals surface area (Å²) in [6, 6.07) is 5.43. The number of hydrogen-bond acceptors (Lipinski definition) is 3. The Hall–Kier alpha value is -2.17. The highest BCUT2D eigenvalue weighted by molar-refractivity contribution is 5.99. The SMILES string of the molecule is CC1=C(C(=O)O)CC(=O)N1Cc1ccccn1. The lowest BCUT2D eigenvalue weighted by Gasteiger charge is -2.17. The normalized spacial score (nSPS) is 15.6. The molecule has 17 heavy (non-hydrogen) atoms. The number of carbonyl (C=O) groups excluding carboxylic acids is 1. The zero-order valence-electron chi connectivity index (χ0n) is 9.38. The lowest BCUT2D eigenvalue weighted by Crippen LogP contribution is -2.24. The zero-order chi connectivity index (χ0) is 12.4. The Labute approximate surface area is 98.4 Å². The van der Waals surface area contributed by atoms with Crippen molar-refractivity contribution in [1.29, 1.82) is 0 Å². The number of carboxylic acid groups (broad SMARTS) is 1. The zero-order valence-corrected chi connectivity index (χ0v) is 9.38. The van der Waals surface area contributed by atoms with E-state index in [0.717, 1.165) is 5.69 Å². The van der Waals surface area contributed by atoms with Crippen LogP contribution in [-0.4, -0.2) is 26.9 Å². The van der Waals surface area contributed by atoms with Gasteiger partial charge < -0.3 is 10.0 Å². The Morgan fingerprint density at radius 1 is 1.53 bits per heavy atom. The van der Waals surface area contributed by atoms with Gasteiger partial charge >= 0.3 is 5.97 Å². The number of carboxylic acids is 1. The number of rotatable bonds is 3. The summed E-state index contributed by atoms with van der Waals surface area (Å²) in [6.45, 7) is 1.97. The molecule has 0 aliphatic carbocycles. The Bertz CT molecular complexity index is 494. The number of aromatic nitrogens is 1. The minimum Gasteiger partial charge on any atom is -0.478 e. The summed E-state index contributed by atoms with van der Waals surface area (Å²) in [7, 11) is 0. The fourth-order valence-electron chi connectivity index (χ4n) is 1.82. The molecule has 5 heteroatoms. The minimum absolute atomic E-state index is 0.0337. The molecule has 5 nitrogen and oxygen atoms in total. The first kappa shape index (κ1) is 11.3. The second kappa shape index (κ2) is 4.37. The van der Waals surface area contributed by atoms with Gasteiger partial charge in [0.05, 0.1) is 24.2 Å². The van der Waals surface area contributed by atoms with Crippen molar-refractivity contribution in [2.45, 2.75) is 19.9 Å². The van der Waals surface area contributed by atoms with Gasteiger partial charge in [-0.2, -0.15) is 0 Å². The van der Waals surface area contributed by atoms with E-state index < -0.39 is 5.97 Å². The standard InChI is InChI=1S/C12H12N2O3/c1-8-10(12(16)17)6-11(15)14(8)7-9-4-2-3-5-13-9/h2-5H,6-7H2,1H3,(H,16,17). The molecule has 2 heterocycles. The maximum absolute atomic E-state index is 11.7. The van der Waals surface area contributed by atoms with Gasteiger partial charge in [-0.25, -0.2) is 4.79 Å². The second-order valence-corrected chi connectivity index (χ2v) is 3.85. The summed E-state index contributed by atoms with van der Waals surface area (Å²) in [6.07, 6.45) is 1.61. The highest BCUT2D eigenvalue weighted by Crippen LogP contribution is 2.25. The number of hydrogen-bond donors (Lipinski definition) is 1. The summed E-state index contributed by atoms with van der Waals surface area (Å²) in [5.41, 5.74) is 1.42. The molecule has 1 aliphatic rings. The number of allylic oxidation sites excluding steroid dienone is 1. The number of carbonyl (C=O) groups is 2. The molecule has 0 saturated carbocycles. The van der Waals surface area contributed by atoms with Gasteiger partial charge in [-0.3, -0.25) is 9.78 Å². The Balaban J connectivity index is 2.22. The minimum atomic E-state index is -1.03. The fraction of sp³-hybridized carbons (Fsp3) is 0.250. The van der Waals surface area contributed by atoms with Crippen molar-refractivity contribution in [1.82, 2.24) is 9.88 Å². The van der Waals surface area contributed by atoms with E-state index in [4.69, 9.17) is 5.11 Å². The molecule has 0 bridgehead atoms. The van der Waals surface area contributed by atoms with Crippen LogP contribution in [0, 0.1) is 0 Å². The quantitative estimate of drug-likeness (QED) is 0.849. The molecule has 0 radical (unpaired) electrons. The molecule has 0 spiro atoms. The molecule has 2 rings (SSSR count). The number of nitrogens with zero attached hydrogens (tertiary/aromatic N) is 2. The second-order valence-electron chi connectivity index (χ2n) is 3.85. The summed E-state index contributed by atoms with van der Waals surface area (Å²) < 4.78 is 0. The molecule has 88 valence electrons. The maximum Gasteiger partial charge on any atom is 0.333 e. The van der Waals surface area contributed by atoms with Crippen LogP contribution in [0.5, 0.6) is 0 Å². The van der Waals surface area contributed by atoms with Gasteiger partial charge in [0, 0.05) is 11.9 Å². The van der Waals surface area contributed by atoms with E-state index in [2.05, 4.69) is 4.98 Å². The molecule has 1 aromatic rings. The van der Waals surface area contributed by atoms with Crippen molar-refractivity contribution < 1.29 is 14.7 Å². The highest BCUT2D eigenvalue weighted by Gasteiger charge is 2.31. The third-order valence-electron chi connectivity index (χ3n) is 2.78. The first-order valence-corrected chi connectivity index (χ1v) is 5.23. The Kier molecular flexibility index (Phi) is 2.91. The molecular weight excluding hydrogens is 220 g/mol. The molecule has 1 amide bonds. The summed E-state index contributed by atoms with van der Waals surface area (Å²) in [5.74, 6) is -1.22. The van der Waals surface area contributed by atoms with Crippen LogP contribution in [0.4, 0.5) is 0 Å². The third kappa shape index (κ3) is 2.18. The number of aliphatic carboxylic acids is 1. The van der Waals surface area contributed by atoms with Crippen LogP contribution in [0.15, 0.2) is 35.7 Å². The van der Waals surface area contributed by atoms with E-state index in [-0.39, 0.29) is 17.9 Å². The molecule has 0 aromatic carbocycles. The predicted molar refractivity (Wildman–Crippen MR) is 59.7 cm³/mol. The van der Waals surface area contributed by atoms with E-state index in [1.165, 1.54) is 4.90 Å². The lowest BCUT2D eigenvalue weighted by atomic mass is 10.2. The van der Waals surface area contributed by atoms with E-state index in [9.17, 15) is 9.59 Å². The third-order valence-corrected chi connectivity index (χ3v) is 2.78. The lowest BCUT2D eigenvalue weighted by molar-refractivity contribution is -0.134. The Morgan fingerprint density at radius 2 is 2.29 bits per heavy atom. The van der Waals surface area contributed by atoms with Crippen molar-refractivity contribution in [3.63, 3.8) is 0 Å². The van der Waals surface area contributed by atoms with Gasteiger partial charge in [-0.15, -0.1) is 0 Å². The summed E-state index contributed by atoms with van der Waals surface area (Å²) >= 11 is 0. The average Bonchev–Trinajstić information content (AvgIpc) is 2.58. The van der Waals surface area contributed by atoms with Gasteiger partial charge in [0.1, 0.15) is 0 Å². The van der Waals surface area contributed by atoms with Crippen molar-refractivity contribution in [2.24, 2.45) is 0 Å². The van der Waals surface area contributed by atoms with E-state index in [1.807, 2.05) is 6.07 Å². The maximum atomic E-state index is 11.7. The van der Waals surface area contributed by atoms with Crippen LogP contribution >= 0.6 is 0 Å². The summed E-state index contributed by atoms with van der Waals surface area (Å²) in [4.78, 5) is 28.2. The summed E-state index contributed by atoms with van der Waals surface area (Å²) in [5, 5.41) is 8.93.